The number of fused-ring (bicyclic) bond motifs is 1. The fourth-order valence-electron chi connectivity index (χ4n) is 2.58. The van der Waals surface area contributed by atoms with Crippen LogP contribution in [0.3, 0.4) is 0 Å². The van der Waals surface area contributed by atoms with Gasteiger partial charge in [0, 0.05) is 18.1 Å². The highest BCUT2D eigenvalue weighted by molar-refractivity contribution is 6.31. The number of rotatable bonds is 4. The van der Waals surface area contributed by atoms with Gasteiger partial charge in [0.05, 0.1) is 12.7 Å². The first-order valence-corrected chi connectivity index (χ1v) is 7.70. The highest BCUT2D eigenvalue weighted by Crippen LogP contribution is 2.26. The van der Waals surface area contributed by atoms with Crippen LogP contribution in [0.1, 0.15) is 24.4 Å². The third-order valence-corrected chi connectivity index (χ3v) is 4.41. The van der Waals surface area contributed by atoms with Gasteiger partial charge in [0.15, 0.2) is 5.65 Å². The van der Waals surface area contributed by atoms with Crippen molar-refractivity contribution in [2.45, 2.75) is 19.5 Å². The van der Waals surface area contributed by atoms with Crippen molar-refractivity contribution in [1.82, 2.24) is 24.6 Å². The number of halogens is 1. The van der Waals surface area contributed by atoms with Crippen LogP contribution >= 0.6 is 11.6 Å². The Hall–Kier alpha value is -2.18. The molecule has 0 aliphatic rings. The van der Waals surface area contributed by atoms with Crippen LogP contribution in [0.2, 0.25) is 5.02 Å². The lowest BCUT2D eigenvalue weighted by Crippen LogP contribution is -2.25. The predicted molar refractivity (Wildman–Crippen MR) is 90.5 cm³/mol. The summed E-state index contributed by atoms with van der Waals surface area (Å²) < 4.78 is 1.60. The van der Waals surface area contributed by atoms with Crippen molar-refractivity contribution in [1.29, 1.82) is 0 Å². The van der Waals surface area contributed by atoms with Crippen molar-refractivity contribution in [2.24, 2.45) is 7.05 Å². The van der Waals surface area contributed by atoms with Crippen molar-refractivity contribution < 1.29 is 0 Å². The van der Waals surface area contributed by atoms with Crippen LogP contribution in [-0.4, -0.2) is 31.7 Å². The Morgan fingerprint density at radius 3 is 2.87 bits per heavy atom. The monoisotopic (exact) mass is 331 g/mol. The molecule has 0 fully saturated rings. The minimum Gasteiger partial charge on any atom is -0.309 e. The standard InChI is InChI=1S/C16H18ClN5O/c1-10(11-6-4-5-7-13(11)17)21(2)9-14-19-15-12(16(23)20-14)8-18-22(15)3/h4-8,10H,9H2,1-3H3,(H,19,20,23)/t10-/m0/s1. The van der Waals surface area contributed by atoms with E-state index in [0.29, 0.717) is 23.4 Å². The van der Waals surface area contributed by atoms with Gasteiger partial charge in [0.1, 0.15) is 11.2 Å². The lowest BCUT2D eigenvalue weighted by molar-refractivity contribution is 0.247. The summed E-state index contributed by atoms with van der Waals surface area (Å²) in [7, 11) is 3.75. The predicted octanol–water partition coefficient (Wildman–Crippen LogP) is 2.50. The fourth-order valence-corrected chi connectivity index (χ4v) is 2.87. The fraction of sp³-hybridized carbons (Fsp3) is 0.312. The smallest absolute Gasteiger partial charge is 0.262 e. The molecule has 1 aromatic carbocycles. The number of benzene rings is 1. The van der Waals surface area contributed by atoms with Gasteiger partial charge in [0.25, 0.3) is 5.56 Å². The maximum absolute atomic E-state index is 12.1. The summed E-state index contributed by atoms with van der Waals surface area (Å²) in [6, 6.07) is 7.85. The molecule has 0 aliphatic heterocycles. The van der Waals surface area contributed by atoms with Crippen LogP contribution in [0.25, 0.3) is 11.0 Å². The third-order valence-electron chi connectivity index (χ3n) is 4.07. The van der Waals surface area contributed by atoms with Gasteiger partial charge in [-0.2, -0.15) is 5.10 Å². The first kappa shape index (κ1) is 15.7. The molecule has 1 atom stereocenters. The number of hydrogen-bond acceptors (Lipinski definition) is 4. The molecule has 0 amide bonds. The van der Waals surface area contributed by atoms with Crippen LogP contribution in [0.15, 0.2) is 35.3 Å². The molecule has 6 nitrogen and oxygen atoms in total. The Morgan fingerprint density at radius 1 is 1.39 bits per heavy atom. The summed E-state index contributed by atoms with van der Waals surface area (Å²) in [6.45, 7) is 2.57. The maximum atomic E-state index is 12.1. The topological polar surface area (TPSA) is 66.8 Å². The van der Waals surface area contributed by atoms with E-state index in [9.17, 15) is 4.79 Å². The van der Waals surface area contributed by atoms with Crippen molar-refractivity contribution in [3.8, 4) is 0 Å². The van der Waals surface area contributed by atoms with Gasteiger partial charge in [-0.25, -0.2) is 4.98 Å². The zero-order chi connectivity index (χ0) is 16.6. The van der Waals surface area contributed by atoms with Gasteiger partial charge < -0.3 is 4.98 Å². The van der Waals surface area contributed by atoms with Gasteiger partial charge in [-0.05, 0) is 25.6 Å². The van der Waals surface area contributed by atoms with Crippen LogP contribution in [0.5, 0.6) is 0 Å². The highest BCUT2D eigenvalue weighted by Gasteiger charge is 2.16. The molecular formula is C16H18ClN5O. The molecule has 1 N–H and O–H groups in total. The van der Waals surface area contributed by atoms with Crippen molar-refractivity contribution in [3.63, 3.8) is 0 Å². The van der Waals surface area contributed by atoms with Crippen LogP contribution in [0.4, 0.5) is 0 Å². The number of aromatic nitrogens is 4. The summed E-state index contributed by atoms with van der Waals surface area (Å²) in [6.07, 6.45) is 1.53. The minimum absolute atomic E-state index is 0.0937. The lowest BCUT2D eigenvalue weighted by atomic mass is 10.1. The second kappa shape index (κ2) is 6.14. The summed E-state index contributed by atoms with van der Waals surface area (Å²) in [5.74, 6) is 0.604. The molecule has 120 valence electrons. The quantitative estimate of drug-likeness (QED) is 0.797. The zero-order valence-corrected chi connectivity index (χ0v) is 14.0. The molecule has 23 heavy (non-hydrogen) atoms. The van der Waals surface area contributed by atoms with Gasteiger partial charge in [-0.15, -0.1) is 0 Å². The van der Waals surface area contributed by atoms with Crippen LogP contribution in [-0.2, 0) is 13.6 Å². The molecule has 2 heterocycles. The van der Waals surface area contributed by atoms with Gasteiger partial charge in [-0.3, -0.25) is 14.4 Å². The van der Waals surface area contributed by atoms with Crippen LogP contribution < -0.4 is 5.56 Å². The summed E-state index contributed by atoms with van der Waals surface area (Å²) in [4.78, 5) is 21.5. The Morgan fingerprint density at radius 2 is 2.13 bits per heavy atom. The van der Waals surface area contributed by atoms with E-state index < -0.39 is 0 Å². The van der Waals surface area contributed by atoms with E-state index >= 15 is 0 Å². The van der Waals surface area contributed by atoms with E-state index in [4.69, 9.17) is 11.6 Å². The Labute approximate surface area is 138 Å². The summed E-state index contributed by atoms with van der Waals surface area (Å²) >= 11 is 6.26. The number of H-pyrrole nitrogens is 1. The molecule has 0 saturated heterocycles. The molecule has 0 radical (unpaired) electrons. The number of aromatic amines is 1. The minimum atomic E-state index is -0.170. The number of nitrogens with one attached hydrogen (secondary N) is 1. The second-order valence-electron chi connectivity index (χ2n) is 5.63. The SMILES string of the molecule is C[C@@H](c1ccccc1Cl)N(C)Cc1nc2c(cnn2C)c(=O)[nH]1. The molecule has 0 aliphatic carbocycles. The third kappa shape index (κ3) is 3.00. The molecule has 0 saturated carbocycles. The van der Waals surface area contributed by atoms with Crippen molar-refractivity contribution in [3.05, 3.63) is 57.2 Å². The molecule has 0 spiro atoms. The average Bonchev–Trinajstić information content (AvgIpc) is 2.89. The van der Waals surface area contributed by atoms with Crippen LogP contribution in [0, 0.1) is 0 Å². The van der Waals surface area contributed by atoms with E-state index in [0.717, 1.165) is 10.6 Å². The number of hydrogen-bond donors (Lipinski definition) is 1. The maximum Gasteiger partial charge on any atom is 0.262 e. The van der Waals surface area contributed by atoms with E-state index in [1.807, 2.05) is 31.3 Å². The molecule has 2 aromatic heterocycles. The average molecular weight is 332 g/mol. The normalized spacial score (nSPS) is 12.9. The zero-order valence-electron chi connectivity index (χ0n) is 13.2. The first-order chi connectivity index (χ1) is 11.0. The first-order valence-electron chi connectivity index (χ1n) is 7.33. The number of aryl methyl sites for hydroxylation is 1. The molecule has 3 rings (SSSR count). The Kier molecular flexibility index (Phi) is 4.19. The molecule has 7 heteroatoms. The van der Waals surface area contributed by atoms with E-state index in [-0.39, 0.29) is 11.6 Å². The largest absolute Gasteiger partial charge is 0.309 e. The van der Waals surface area contributed by atoms with Gasteiger partial charge in [-0.1, -0.05) is 29.8 Å². The van der Waals surface area contributed by atoms with Crippen molar-refractivity contribution in [2.75, 3.05) is 7.05 Å². The summed E-state index contributed by atoms with van der Waals surface area (Å²) in [5, 5.41) is 5.30. The highest BCUT2D eigenvalue weighted by atomic mass is 35.5. The van der Waals surface area contributed by atoms with E-state index in [2.05, 4.69) is 26.9 Å². The van der Waals surface area contributed by atoms with E-state index in [1.165, 1.54) is 6.20 Å². The summed E-state index contributed by atoms with van der Waals surface area (Å²) in [5.41, 5.74) is 1.46. The number of nitrogens with zero attached hydrogens (tertiary/aromatic N) is 4. The van der Waals surface area contributed by atoms with Crippen molar-refractivity contribution >= 4 is 22.6 Å². The molecule has 0 unspecified atom stereocenters. The Balaban J connectivity index is 1.88. The van der Waals surface area contributed by atoms with Gasteiger partial charge in [0.2, 0.25) is 0 Å². The lowest BCUT2D eigenvalue weighted by Gasteiger charge is -2.25. The van der Waals surface area contributed by atoms with E-state index in [1.54, 1.807) is 11.7 Å². The Bertz CT molecular complexity index is 901. The van der Waals surface area contributed by atoms with Gasteiger partial charge >= 0.3 is 0 Å². The molecular weight excluding hydrogens is 314 g/mol. The molecule has 3 aromatic rings. The second-order valence-corrected chi connectivity index (χ2v) is 6.04. The molecule has 0 bridgehead atoms.